The molecule has 0 aliphatic carbocycles. The van der Waals surface area contributed by atoms with E-state index < -0.39 is 0 Å². The number of ether oxygens (including phenoxy) is 1. The van der Waals surface area contributed by atoms with Crippen LogP contribution in [0.15, 0.2) is 29.6 Å². The molecule has 0 unspecified atom stereocenters. The maximum atomic E-state index is 11.5. The molecule has 3 amide bonds. The molecule has 6 nitrogen and oxygen atoms in total. The van der Waals surface area contributed by atoms with Crippen molar-refractivity contribution in [3.8, 4) is 16.3 Å². The van der Waals surface area contributed by atoms with E-state index in [4.69, 9.17) is 4.74 Å². The molecule has 2 aromatic rings. The highest BCUT2D eigenvalue weighted by molar-refractivity contribution is 7.98. The molecule has 0 bridgehead atoms. The number of benzene rings is 1. The predicted octanol–water partition coefficient (Wildman–Crippen LogP) is 2.99. The monoisotopic (exact) mass is 377 g/mol. The largest absolute Gasteiger partial charge is 0.494 e. The number of hydrogen-bond acceptors (Lipinski definition) is 6. The van der Waals surface area contributed by atoms with E-state index in [0.29, 0.717) is 18.9 Å². The summed E-state index contributed by atoms with van der Waals surface area (Å²) >= 11 is 3.28. The van der Waals surface area contributed by atoms with Gasteiger partial charge in [0, 0.05) is 29.0 Å². The van der Waals surface area contributed by atoms with Gasteiger partial charge in [-0.05, 0) is 31.2 Å². The van der Waals surface area contributed by atoms with Crippen molar-refractivity contribution in [1.82, 2.24) is 15.2 Å². The summed E-state index contributed by atoms with van der Waals surface area (Å²) in [5.74, 6) is 2.17. The van der Waals surface area contributed by atoms with E-state index in [1.807, 2.05) is 36.6 Å². The Bertz CT molecular complexity index is 730. The molecule has 1 fully saturated rings. The van der Waals surface area contributed by atoms with Gasteiger partial charge < -0.3 is 10.1 Å². The molecule has 0 radical (unpaired) electrons. The van der Waals surface area contributed by atoms with Gasteiger partial charge in [-0.15, -0.1) is 11.3 Å². The third-order valence-electron chi connectivity index (χ3n) is 3.61. The summed E-state index contributed by atoms with van der Waals surface area (Å²) < 4.78 is 5.45. The van der Waals surface area contributed by atoms with E-state index in [1.54, 1.807) is 23.1 Å². The van der Waals surface area contributed by atoms with Gasteiger partial charge in [-0.1, -0.05) is 0 Å². The summed E-state index contributed by atoms with van der Waals surface area (Å²) in [5.41, 5.74) is 2.08. The molecule has 8 heteroatoms. The molecule has 0 saturated carbocycles. The standard InChI is InChI=1S/C17H19N3O3S2/c1-2-23-14-5-3-12(4-6-14)16-19-13(11-25-16)10-24-8-7-20-15(21)9-18-17(20)22/h3-6,11H,2,7-10H2,1H3,(H,18,22). The van der Waals surface area contributed by atoms with Gasteiger partial charge in [0.25, 0.3) is 0 Å². The average molecular weight is 377 g/mol. The second-order valence-corrected chi connectivity index (χ2v) is 7.32. The molecule has 132 valence electrons. The zero-order valence-corrected chi connectivity index (χ0v) is 15.5. The topological polar surface area (TPSA) is 71.5 Å². The smallest absolute Gasteiger partial charge is 0.324 e. The fourth-order valence-electron chi connectivity index (χ4n) is 2.38. The van der Waals surface area contributed by atoms with Gasteiger partial charge in [-0.2, -0.15) is 11.8 Å². The summed E-state index contributed by atoms with van der Waals surface area (Å²) in [7, 11) is 0. The molecule has 1 aliphatic heterocycles. The van der Waals surface area contributed by atoms with E-state index >= 15 is 0 Å². The number of aromatic nitrogens is 1. The third-order valence-corrected chi connectivity index (χ3v) is 5.52. The van der Waals surface area contributed by atoms with E-state index in [2.05, 4.69) is 10.3 Å². The lowest BCUT2D eigenvalue weighted by molar-refractivity contribution is -0.124. The van der Waals surface area contributed by atoms with Crippen molar-refractivity contribution in [2.45, 2.75) is 12.7 Å². The molecular formula is C17H19N3O3S2. The summed E-state index contributed by atoms with van der Waals surface area (Å²) in [6.45, 7) is 3.17. The van der Waals surface area contributed by atoms with Crippen LogP contribution in [0.5, 0.6) is 5.75 Å². The van der Waals surface area contributed by atoms with Crippen LogP contribution in [0.4, 0.5) is 4.79 Å². The molecule has 1 N–H and O–H groups in total. The molecule has 1 aromatic heterocycles. The predicted molar refractivity (Wildman–Crippen MR) is 100.0 cm³/mol. The Balaban J connectivity index is 1.48. The zero-order chi connectivity index (χ0) is 17.6. The maximum Gasteiger partial charge on any atom is 0.324 e. The second kappa shape index (κ2) is 8.35. The van der Waals surface area contributed by atoms with Crippen LogP contribution in [0.2, 0.25) is 0 Å². The number of amides is 3. The van der Waals surface area contributed by atoms with Crippen molar-refractivity contribution in [3.05, 3.63) is 35.3 Å². The van der Waals surface area contributed by atoms with E-state index in [-0.39, 0.29) is 18.5 Å². The minimum atomic E-state index is -0.294. The summed E-state index contributed by atoms with van der Waals surface area (Å²) in [4.78, 5) is 28.8. The minimum Gasteiger partial charge on any atom is -0.494 e. The Morgan fingerprint density at radius 1 is 1.32 bits per heavy atom. The number of hydrogen-bond donors (Lipinski definition) is 1. The number of imide groups is 1. The van der Waals surface area contributed by atoms with Crippen LogP contribution in [-0.4, -0.2) is 47.3 Å². The van der Waals surface area contributed by atoms with E-state index in [0.717, 1.165) is 27.8 Å². The van der Waals surface area contributed by atoms with Crippen LogP contribution < -0.4 is 10.1 Å². The minimum absolute atomic E-state index is 0.112. The van der Waals surface area contributed by atoms with Gasteiger partial charge in [0.1, 0.15) is 10.8 Å². The molecule has 0 atom stereocenters. The fraction of sp³-hybridized carbons (Fsp3) is 0.353. The van der Waals surface area contributed by atoms with Crippen LogP contribution >= 0.6 is 23.1 Å². The Morgan fingerprint density at radius 3 is 2.80 bits per heavy atom. The molecule has 1 aliphatic rings. The molecule has 1 saturated heterocycles. The van der Waals surface area contributed by atoms with Crippen LogP contribution in [0.3, 0.4) is 0 Å². The summed E-state index contributed by atoms with van der Waals surface area (Å²) in [6.07, 6.45) is 0. The number of nitrogens with one attached hydrogen (secondary N) is 1. The van der Waals surface area contributed by atoms with Gasteiger partial charge in [-0.25, -0.2) is 9.78 Å². The first-order valence-corrected chi connectivity index (χ1v) is 10.0. The molecule has 2 heterocycles. The Hall–Kier alpha value is -2.06. The van der Waals surface area contributed by atoms with Gasteiger partial charge >= 0.3 is 6.03 Å². The van der Waals surface area contributed by atoms with Crippen LogP contribution in [-0.2, 0) is 10.5 Å². The van der Waals surface area contributed by atoms with Crippen molar-refractivity contribution < 1.29 is 14.3 Å². The molecule has 25 heavy (non-hydrogen) atoms. The van der Waals surface area contributed by atoms with Gasteiger partial charge in [-0.3, -0.25) is 9.69 Å². The quantitative estimate of drug-likeness (QED) is 0.566. The van der Waals surface area contributed by atoms with Gasteiger partial charge in [0.2, 0.25) is 5.91 Å². The number of thioether (sulfide) groups is 1. The van der Waals surface area contributed by atoms with Crippen molar-refractivity contribution in [1.29, 1.82) is 0 Å². The highest BCUT2D eigenvalue weighted by Crippen LogP contribution is 2.27. The fourth-order valence-corrected chi connectivity index (χ4v) is 4.12. The van der Waals surface area contributed by atoms with Crippen LogP contribution in [0.1, 0.15) is 12.6 Å². The zero-order valence-electron chi connectivity index (χ0n) is 13.9. The van der Waals surface area contributed by atoms with Crippen molar-refractivity contribution >= 4 is 35.0 Å². The highest BCUT2D eigenvalue weighted by atomic mass is 32.2. The first-order valence-electron chi connectivity index (χ1n) is 8.01. The Kier molecular flexibility index (Phi) is 5.93. The molecule has 1 aromatic carbocycles. The number of nitrogens with zero attached hydrogens (tertiary/aromatic N) is 2. The van der Waals surface area contributed by atoms with Crippen molar-refractivity contribution in [2.24, 2.45) is 0 Å². The lowest BCUT2D eigenvalue weighted by Gasteiger charge is -2.11. The van der Waals surface area contributed by atoms with E-state index in [9.17, 15) is 9.59 Å². The first-order chi connectivity index (χ1) is 12.2. The number of urea groups is 1. The van der Waals surface area contributed by atoms with Gasteiger partial charge in [0.15, 0.2) is 0 Å². The SMILES string of the molecule is CCOc1ccc(-c2nc(CSCCN3C(=O)CNC3=O)cs2)cc1. The molecule has 3 rings (SSSR count). The Labute approximate surface area is 154 Å². The Morgan fingerprint density at radius 2 is 2.12 bits per heavy atom. The maximum absolute atomic E-state index is 11.5. The number of carbonyl (C=O) groups excluding carboxylic acids is 2. The lowest BCUT2D eigenvalue weighted by atomic mass is 10.2. The number of carbonyl (C=O) groups is 2. The van der Waals surface area contributed by atoms with E-state index in [1.165, 1.54) is 4.90 Å². The third kappa shape index (κ3) is 4.52. The summed E-state index contributed by atoms with van der Waals surface area (Å²) in [5, 5.41) is 5.55. The average Bonchev–Trinajstić information content (AvgIpc) is 3.21. The van der Waals surface area contributed by atoms with Crippen molar-refractivity contribution in [2.75, 3.05) is 25.4 Å². The van der Waals surface area contributed by atoms with Crippen LogP contribution in [0, 0.1) is 0 Å². The van der Waals surface area contributed by atoms with Crippen molar-refractivity contribution in [3.63, 3.8) is 0 Å². The lowest BCUT2D eigenvalue weighted by Crippen LogP contribution is -2.32. The number of thiazole rings is 1. The number of rotatable bonds is 8. The summed E-state index contributed by atoms with van der Waals surface area (Å²) in [6, 6.07) is 7.63. The normalized spacial score (nSPS) is 14.0. The van der Waals surface area contributed by atoms with Gasteiger partial charge in [0.05, 0.1) is 18.8 Å². The van der Waals surface area contributed by atoms with Crippen LogP contribution in [0.25, 0.3) is 10.6 Å². The second-order valence-electron chi connectivity index (χ2n) is 5.36. The molecular weight excluding hydrogens is 358 g/mol. The first kappa shape index (κ1) is 17.8. The highest BCUT2D eigenvalue weighted by Gasteiger charge is 2.27. The molecule has 0 spiro atoms.